The molecule has 82 valence electrons. The fraction of sp³-hybridized carbons (Fsp3) is 0.900. The molecule has 0 radical (unpaired) electrons. The second kappa shape index (κ2) is 4.75. The number of carbonyl (C=O) groups is 1. The lowest BCUT2D eigenvalue weighted by Crippen LogP contribution is -2.43. The van der Waals surface area contributed by atoms with E-state index in [0.29, 0.717) is 13.2 Å². The van der Waals surface area contributed by atoms with Gasteiger partial charge in [-0.25, -0.2) is 0 Å². The molecular weight excluding hydrogens is 182 g/mol. The van der Waals surface area contributed by atoms with Gasteiger partial charge in [0.1, 0.15) is 11.8 Å². The number of unbranched alkanes of at least 4 members (excludes halogenated alkanes) is 1. The highest BCUT2D eigenvalue weighted by Gasteiger charge is 2.35. The highest BCUT2D eigenvalue weighted by Crippen LogP contribution is 2.14. The van der Waals surface area contributed by atoms with Gasteiger partial charge in [0.05, 0.1) is 13.2 Å². The molecule has 0 aliphatic carbocycles. The maximum absolute atomic E-state index is 11.4. The quantitative estimate of drug-likeness (QED) is 0.545. The largest absolute Gasteiger partial charge is 0.464 e. The molecule has 1 fully saturated rings. The van der Waals surface area contributed by atoms with E-state index in [9.17, 15) is 4.79 Å². The van der Waals surface area contributed by atoms with Gasteiger partial charge in [0, 0.05) is 0 Å². The lowest BCUT2D eigenvalue weighted by atomic mass is 10.3. The molecule has 1 aliphatic rings. The number of nitrogens with one attached hydrogen (secondary N) is 1. The van der Waals surface area contributed by atoms with Crippen molar-refractivity contribution in [2.75, 3.05) is 13.2 Å². The minimum atomic E-state index is -0.408. The molecule has 0 aromatic rings. The van der Waals surface area contributed by atoms with Crippen LogP contribution >= 0.6 is 0 Å². The third kappa shape index (κ3) is 3.27. The van der Waals surface area contributed by atoms with Crippen LogP contribution in [0.3, 0.4) is 0 Å². The first-order valence-electron chi connectivity index (χ1n) is 5.13. The number of carbonyl (C=O) groups excluding carboxylic acids is 1. The van der Waals surface area contributed by atoms with Crippen molar-refractivity contribution in [2.24, 2.45) is 0 Å². The summed E-state index contributed by atoms with van der Waals surface area (Å²) in [5.74, 6) is -0.205. The van der Waals surface area contributed by atoms with E-state index in [-0.39, 0.29) is 12.0 Å². The molecule has 1 rings (SSSR count). The highest BCUT2D eigenvalue weighted by atomic mass is 16.6. The molecule has 0 bridgehead atoms. The Balaban J connectivity index is 2.25. The second-order valence-electron chi connectivity index (χ2n) is 4.04. The van der Waals surface area contributed by atoms with Crippen molar-refractivity contribution in [1.29, 1.82) is 0 Å². The van der Waals surface area contributed by atoms with Crippen molar-refractivity contribution in [3.63, 3.8) is 0 Å². The van der Waals surface area contributed by atoms with Gasteiger partial charge in [0.25, 0.3) is 0 Å². The fourth-order valence-electron chi connectivity index (χ4n) is 1.34. The normalized spacial score (nSPS) is 24.9. The molecule has 4 nitrogen and oxygen atoms in total. The summed E-state index contributed by atoms with van der Waals surface area (Å²) in [5, 5.41) is 3.06. The maximum atomic E-state index is 11.4. The van der Waals surface area contributed by atoms with Gasteiger partial charge in [-0.3, -0.25) is 10.1 Å². The maximum Gasteiger partial charge on any atom is 0.325 e. The zero-order valence-corrected chi connectivity index (χ0v) is 9.13. The number of esters is 1. The third-order valence-corrected chi connectivity index (χ3v) is 2.16. The summed E-state index contributed by atoms with van der Waals surface area (Å²) in [5.41, 5.74) is -0.408. The molecule has 1 N–H and O–H groups in total. The van der Waals surface area contributed by atoms with Crippen LogP contribution in [0.25, 0.3) is 0 Å². The number of rotatable bonds is 4. The number of hydrogen-bond acceptors (Lipinski definition) is 4. The Hall–Kier alpha value is -0.610. The number of hydrogen-bond donors (Lipinski definition) is 1. The molecule has 1 atom stereocenters. The third-order valence-electron chi connectivity index (χ3n) is 2.16. The van der Waals surface area contributed by atoms with Crippen molar-refractivity contribution in [3.05, 3.63) is 0 Å². The molecule has 14 heavy (non-hydrogen) atoms. The van der Waals surface area contributed by atoms with Crippen LogP contribution in [0.1, 0.15) is 33.6 Å². The Kier molecular flexibility index (Phi) is 3.89. The molecule has 1 heterocycles. The first kappa shape index (κ1) is 11.5. The van der Waals surface area contributed by atoms with Gasteiger partial charge in [-0.1, -0.05) is 13.3 Å². The van der Waals surface area contributed by atoms with Gasteiger partial charge < -0.3 is 9.47 Å². The van der Waals surface area contributed by atoms with Crippen molar-refractivity contribution < 1.29 is 14.3 Å². The van der Waals surface area contributed by atoms with Crippen molar-refractivity contribution in [1.82, 2.24) is 5.32 Å². The van der Waals surface area contributed by atoms with Crippen molar-refractivity contribution in [3.8, 4) is 0 Å². The SMILES string of the molecule is CCCCOC(=O)C1COC(C)(C)N1. The van der Waals surface area contributed by atoms with Gasteiger partial charge in [-0.2, -0.15) is 0 Å². The van der Waals surface area contributed by atoms with Gasteiger partial charge >= 0.3 is 5.97 Å². The monoisotopic (exact) mass is 201 g/mol. The Labute approximate surface area is 85.0 Å². The van der Waals surface area contributed by atoms with E-state index in [1.54, 1.807) is 0 Å². The van der Waals surface area contributed by atoms with E-state index in [1.165, 1.54) is 0 Å². The Morgan fingerprint density at radius 3 is 2.86 bits per heavy atom. The van der Waals surface area contributed by atoms with E-state index in [1.807, 2.05) is 13.8 Å². The van der Waals surface area contributed by atoms with E-state index in [0.717, 1.165) is 12.8 Å². The van der Waals surface area contributed by atoms with Crippen LogP contribution in [-0.2, 0) is 14.3 Å². The van der Waals surface area contributed by atoms with Gasteiger partial charge in [0.15, 0.2) is 0 Å². The Morgan fingerprint density at radius 1 is 1.64 bits per heavy atom. The molecule has 4 heteroatoms. The molecule has 1 aliphatic heterocycles. The molecule has 0 aromatic carbocycles. The first-order valence-corrected chi connectivity index (χ1v) is 5.13. The van der Waals surface area contributed by atoms with E-state index in [4.69, 9.17) is 9.47 Å². The highest BCUT2D eigenvalue weighted by molar-refractivity contribution is 5.76. The molecule has 0 saturated carbocycles. The zero-order valence-electron chi connectivity index (χ0n) is 9.13. The van der Waals surface area contributed by atoms with Crippen LogP contribution < -0.4 is 5.32 Å². The van der Waals surface area contributed by atoms with Crippen LogP contribution in [0.2, 0.25) is 0 Å². The predicted molar refractivity (Wildman–Crippen MR) is 52.8 cm³/mol. The van der Waals surface area contributed by atoms with Gasteiger partial charge in [-0.15, -0.1) is 0 Å². The minimum absolute atomic E-state index is 0.205. The van der Waals surface area contributed by atoms with Crippen LogP contribution in [0.5, 0.6) is 0 Å². The first-order chi connectivity index (χ1) is 6.55. The topological polar surface area (TPSA) is 47.6 Å². The molecule has 0 aromatic heterocycles. The van der Waals surface area contributed by atoms with Gasteiger partial charge in [-0.05, 0) is 20.3 Å². The average Bonchev–Trinajstić information content (AvgIpc) is 2.46. The molecular formula is C10H19NO3. The van der Waals surface area contributed by atoms with Crippen LogP contribution in [0.4, 0.5) is 0 Å². The second-order valence-corrected chi connectivity index (χ2v) is 4.04. The smallest absolute Gasteiger partial charge is 0.325 e. The van der Waals surface area contributed by atoms with Gasteiger partial charge in [0.2, 0.25) is 0 Å². The molecule has 0 spiro atoms. The van der Waals surface area contributed by atoms with E-state index < -0.39 is 5.72 Å². The van der Waals surface area contributed by atoms with Crippen LogP contribution in [0, 0.1) is 0 Å². The summed E-state index contributed by atoms with van der Waals surface area (Å²) in [6.45, 7) is 6.76. The molecule has 1 unspecified atom stereocenters. The number of ether oxygens (including phenoxy) is 2. The molecule has 0 amide bonds. The summed E-state index contributed by atoms with van der Waals surface area (Å²) >= 11 is 0. The minimum Gasteiger partial charge on any atom is -0.464 e. The van der Waals surface area contributed by atoms with E-state index in [2.05, 4.69) is 12.2 Å². The van der Waals surface area contributed by atoms with Crippen LogP contribution in [0.15, 0.2) is 0 Å². The van der Waals surface area contributed by atoms with Crippen molar-refractivity contribution >= 4 is 5.97 Å². The summed E-state index contributed by atoms with van der Waals surface area (Å²) < 4.78 is 10.4. The summed E-state index contributed by atoms with van der Waals surface area (Å²) in [7, 11) is 0. The lowest BCUT2D eigenvalue weighted by molar-refractivity contribution is -0.145. The lowest BCUT2D eigenvalue weighted by Gasteiger charge is -2.17. The Morgan fingerprint density at radius 2 is 2.36 bits per heavy atom. The predicted octanol–water partition coefficient (Wildman–Crippen LogP) is 1.05. The van der Waals surface area contributed by atoms with Crippen molar-refractivity contribution in [2.45, 2.75) is 45.4 Å². The average molecular weight is 201 g/mol. The summed E-state index contributed by atoms with van der Waals surface area (Å²) in [6.07, 6.45) is 1.95. The fourth-order valence-corrected chi connectivity index (χ4v) is 1.34. The van der Waals surface area contributed by atoms with E-state index >= 15 is 0 Å². The summed E-state index contributed by atoms with van der Waals surface area (Å²) in [4.78, 5) is 11.4. The summed E-state index contributed by atoms with van der Waals surface area (Å²) in [6, 6.07) is -0.304. The molecule has 1 saturated heterocycles. The zero-order chi connectivity index (χ0) is 10.6. The standard InChI is InChI=1S/C10H19NO3/c1-4-5-6-13-9(12)8-7-14-10(2,3)11-8/h8,11H,4-7H2,1-3H3. The van der Waals surface area contributed by atoms with Crippen LogP contribution in [-0.4, -0.2) is 30.9 Å². The Bertz CT molecular complexity index is 204.